The first kappa shape index (κ1) is 10.4. The molecule has 0 saturated carbocycles. The van der Waals surface area contributed by atoms with Gasteiger partial charge in [0.25, 0.3) is 5.91 Å². The SMILES string of the molecule is CC(=O)C(C)NC(=O)c1ccccn1. The number of Topliss-reactive ketones (excluding diaryl/α,β-unsaturated/α-hetero) is 1. The standard InChI is InChI=1S/C10H12N2O2/c1-7(8(2)13)12-10(14)9-5-3-4-6-11-9/h3-7H,1-2H3,(H,12,14). The van der Waals surface area contributed by atoms with Crippen LogP contribution in [0.25, 0.3) is 0 Å². The van der Waals surface area contributed by atoms with E-state index in [0.29, 0.717) is 5.69 Å². The van der Waals surface area contributed by atoms with E-state index in [4.69, 9.17) is 0 Å². The summed E-state index contributed by atoms with van der Waals surface area (Å²) in [6.07, 6.45) is 1.54. The van der Waals surface area contributed by atoms with Crippen molar-refractivity contribution in [1.29, 1.82) is 0 Å². The highest BCUT2D eigenvalue weighted by molar-refractivity contribution is 5.95. The Hall–Kier alpha value is -1.71. The van der Waals surface area contributed by atoms with Gasteiger partial charge >= 0.3 is 0 Å². The number of aromatic nitrogens is 1. The van der Waals surface area contributed by atoms with Crippen molar-refractivity contribution in [3.8, 4) is 0 Å². The van der Waals surface area contributed by atoms with Gasteiger partial charge in [-0.05, 0) is 26.0 Å². The summed E-state index contributed by atoms with van der Waals surface area (Å²) in [4.78, 5) is 26.2. The quantitative estimate of drug-likeness (QED) is 0.770. The second-order valence-corrected chi connectivity index (χ2v) is 3.02. The third kappa shape index (κ3) is 2.65. The summed E-state index contributed by atoms with van der Waals surface area (Å²) in [5, 5.41) is 2.54. The van der Waals surface area contributed by atoms with Crippen LogP contribution in [0.2, 0.25) is 0 Å². The lowest BCUT2D eigenvalue weighted by Gasteiger charge is -2.09. The molecule has 0 aliphatic heterocycles. The minimum atomic E-state index is -0.468. The largest absolute Gasteiger partial charge is 0.341 e. The van der Waals surface area contributed by atoms with E-state index in [1.807, 2.05) is 0 Å². The third-order valence-electron chi connectivity index (χ3n) is 1.85. The summed E-state index contributed by atoms with van der Waals surface area (Å²) in [5.41, 5.74) is 0.320. The molecule has 1 amide bonds. The molecule has 0 aromatic carbocycles. The van der Waals surface area contributed by atoms with Gasteiger partial charge in [-0.3, -0.25) is 14.6 Å². The van der Waals surface area contributed by atoms with Crippen LogP contribution >= 0.6 is 0 Å². The fourth-order valence-electron chi connectivity index (χ4n) is 0.869. The molecule has 4 heteroatoms. The number of ketones is 1. The molecule has 0 fully saturated rings. The lowest BCUT2D eigenvalue weighted by molar-refractivity contribution is -0.118. The molecule has 0 bridgehead atoms. The highest BCUT2D eigenvalue weighted by Crippen LogP contribution is 1.94. The lowest BCUT2D eigenvalue weighted by Crippen LogP contribution is -2.37. The Bertz CT molecular complexity index is 335. The number of pyridine rings is 1. The Morgan fingerprint density at radius 1 is 1.43 bits per heavy atom. The molecule has 1 heterocycles. The van der Waals surface area contributed by atoms with Crippen LogP contribution in [0.15, 0.2) is 24.4 Å². The zero-order chi connectivity index (χ0) is 10.6. The summed E-state index contributed by atoms with van der Waals surface area (Å²) in [6, 6.07) is 4.58. The van der Waals surface area contributed by atoms with E-state index in [-0.39, 0.29) is 11.7 Å². The van der Waals surface area contributed by atoms with Crippen LogP contribution in [0.1, 0.15) is 24.3 Å². The van der Waals surface area contributed by atoms with E-state index in [1.54, 1.807) is 25.1 Å². The minimum absolute atomic E-state index is 0.0747. The van der Waals surface area contributed by atoms with Crippen LogP contribution in [-0.2, 0) is 4.79 Å². The Labute approximate surface area is 82.3 Å². The Kier molecular flexibility index (Phi) is 3.34. The molecule has 1 atom stereocenters. The summed E-state index contributed by atoms with van der Waals surface area (Å²) in [6.45, 7) is 3.08. The number of rotatable bonds is 3. The average Bonchev–Trinajstić information content (AvgIpc) is 2.19. The summed E-state index contributed by atoms with van der Waals surface area (Å²) < 4.78 is 0. The van der Waals surface area contributed by atoms with Crippen LogP contribution in [-0.4, -0.2) is 22.7 Å². The molecular weight excluding hydrogens is 180 g/mol. The average molecular weight is 192 g/mol. The van der Waals surface area contributed by atoms with Crippen molar-refractivity contribution in [2.24, 2.45) is 0 Å². The van der Waals surface area contributed by atoms with E-state index in [0.717, 1.165) is 0 Å². The molecule has 14 heavy (non-hydrogen) atoms. The first-order valence-corrected chi connectivity index (χ1v) is 4.33. The van der Waals surface area contributed by atoms with Crippen LogP contribution in [0.3, 0.4) is 0 Å². The molecule has 1 rings (SSSR count). The molecule has 1 aromatic rings. The molecule has 74 valence electrons. The summed E-state index contributed by atoms with van der Waals surface area (Å²) >= 11 is 0. The fraction of sp³-hybridized carbons (Fsp3) is 0.300. The van der Waals surface area contributed by atoms with Gasteiger partial charge in [0.05, 0.1) is 6.04 Å². The van der Waals surface area contributed by atoms with Crippen LogP contribution in [0.4, 0.5) is 0 Å². The van der Waals surface area contributed by atoms with Crippen molar-refractivity contribution in [2.75, 3.05) is 0 Å². The fourth-order valence-corrected chi connectivity index (χ4v) is 0.869. The number of nitrogens with one attached hydrogen (secondary N) is 1. The van der Waals surface area contributed by atoms with Gasteiger partial charge in [-0.1, -0.05) is 6.07 Å². The van der Waals surface area contributed by atoms with Crippen LogP contribution < -0.4 is 5.32 Å². The maximum Gasteiger partial charge on any atom is 0.270 e. The van der Waals surface area contributed by atoms with Gasteiger partial charge in [0, 0.05) is 6.20 Å². The van der Waals surface area contributed by atoms with E-state index in [1.165, 1.54) is 13.1 Å². The molecule has 1 N–H and O–H groups in total. The molecule has 0 aliphatic carbocycles. The Morgan fingerprint density at radius 3 is 2.64 bits per heavy atom. The van der Waals surface area contributed by atoms with Gasteiger partial charge in [-0.15, -0.1) is 0 Å². The van der Waals surface area contributed by atoms with Gasteiger partial charge in [-0.2, -0.15) is 0 Å². The summed E-state index contributed by atoms with van der Waals surface area (Å²) in [5.74, 6) is -0.400. The van der Waals surface area contributed by atoms with E-state index in [9.17, 15) is 9.59 Å². The lowest BCUT2D eigenvalue weighted by atomic mass is 10.2. The van der Waals surface area contributed by atoms with Crippen LogP contribution in [0.5, 0.6) is 0 Å². The van der Waals surface area contributed by atoms with Crippen molar-refractivity contribution in [3.63, 3.8) is 0 Å². The predicted octanol–water partition coefficient (Wildman–Crippen LogP) is 0.789. The maximum atomic E-state index is 11.4. The first-order chi connectivity index (χ1) is 6.61. The normalized spacial score (nSPS) is 11.9. The van der Waals surface area contributed by atoms with Crippen molar-refractivity contribution >= 4 is 11.7 Å². The van der Waals surface area contributed by atoms with Gasteiger partial charge in [0.2, 0.25) is 0 Å². The van der Waals surface area contributed by atoms with Crippen molar-refractivity contribution < 1.29 is 9.59 Å². The predicted molar refractivity (Wildman–Crippen MR) is 51.8 cm³/mol. The number of carbonyl (C=O) groups excluding carboxylic acids is 2. The molecule has 0 aliphatic rings. The molecular formula is C10H12N2O2. The zero-order valence-electron chi connectivity index (χ0n) is 8.15. The number of nitrogens with zero attached hydrogens (tertiary/aromatic N) is 1. The monoisotopic (exact) mass is 192 g/mol. The minimum Gasteiger partial charge on any atom is -0.341 e. The molecule has 0 saturated heterocycles. The maximum absolute atomic E-state index is 11.4. The highest BCUT2D eigenvalue weighted by atomic mass is 16.2. The molecule has 1 unspecified atom stereocenters. The van der Waals surface area contributed by atoms with Crippen LogP contribution in [0, 0.1) is 0 Å². The van der Waals surface area contributed by atoms with E-state index in [2.05, 4.69) is 10.3 Å². The molecule has 1 aromatic heterocycles. The third-order valence-corrected chi connectivity index (χ3v) is 1.85. The van der Waals surface area contributed by atoms with Crippen molar-refractivity contribution in [1.82, 2.24) is 10.3 Å². The molecule has 0 spiro atoms. The van der Waals surface area contributed by atoms with Crippen molar-refractivity contribution in [3.05, 3.63) is 30.1 Å². The van der Waals surface area contributed by atoms with Gasteiger partial charge in [-0.25, -0.2) is 0 Å². The molecule has 4 nitrogen and oxygen atoms in total. The second-order valence-electron chi connectivity index (χ2n) is 3.02. The number of amides is 1. The summed E-state index contributed by atoms with van der Waals surface area (Å²) in [7, 11) is 0. The number of hydrogen-bond donors (Lipinski definition) is 1. The van der Waals surface area contributed by atoms with E-state index < -0.39 is 6.04 Å². The number of hydrogen-bond acceptors (Lipinski definition) is 3. The first-order valence-electron chi connectivity index (χ1n) is 4.33. The topological polar surface area (TPSA) is 59.1 Å². The second kappa shape index (κ2) is 4.50. The zero-order valence-corrected chi connectivity index (χ0v) is 8.15. The van der Waals surface area contributed by atoms with Gasteiger partial charge < -0.3 is 5.32 Å². The van der Waals surface area contributed by atoms with Crippen molar-refractivity contribution in [2.45, 2.75) is 19.9 Å². The Balaban J connectivity index is 2.64. The Morgan fingerprint density at radius 2 is 2.14 bits per heavy atom. The van der Waals surface area contributed by atoms with E-state index >= 15 is 0 Å². The molecule has 0 radical (unpaired) electrons. The van der Waals surface area contributed by atoms with Gasteiger partial charge in [0.1, 0.15) is 5.69 Å². The number of carbonyl (C=O) groups is 2. The smallest absolute Gasteiger partial charge is 0.270 e. The highest BCUT2D eigenvalue weighted by Gasteiger charge is 2.12. The van der Waals surface area contributed by atoms with Gasteiger partial charge in [0.15, 0.2) is 5.78 Å².